The van der Waals surface area contributed by atoms with Crippen molar-refractivity contribution in [2.24, 2.45) is 0 Å². The zero-order chi connectivity index (χ0) is 9.40. The third-order valence-electron chi connectivity index (χ3n) is 1.09. The van der Waals surface area contributed by atoms with Crippen molar-refractivity contribution in [3.05, 3.63) is 0 Å². The van der Waals surface area contributed by atoms with E-state index in [1.807, 2.05) is 6.92 Å². The summed E-state index contributed by atoms with van der Waals surface area (Å²) in [6, 6.07) is 0. The molecule has 0 atom stereocenters. The van der Waals surface area contributed by atoms with Crippen LogP contribution in [0.1, 0.15) is 20.3 Å². The monoisotopic (exact) mass is 190 g/mol. The fourth-order valence-electron chi connectivity index (χ4n) is 0.613. The molecule has 4 heteroatoms. The minimum atomic E-state index is -0.417. The predicted octanol–water partition coefficient (Wildman–Crippen LogP) is 1.26. The Morgan fingerprint density at radius 2 is 2.08 bits per heavy atom. The number of carbonyl (C=O) groups is 2. The highest BCUT2D eigenvalue weighted by molar-refractivity contribution is 7.99. The molecular formula is C8H14O3S. The smallest absolute Gasteiger partial charge is 0.313 e. The highest BCUT2D eigenvalue weighted by atomic mass is 32.2. The van der Waals surface area contributed by atoms with E-state index in [9.17, 15) is 9.59 Å². The van der Waals surface area contributed by atoms with Crippen LogP contribution in [0.25, 0.3) is 0 Å². The molecule has 0 saturated carbocycles. The van der Waals surface area contributed by atoms with Crippen LogP contribution >= 0.6 is 11.8 Å². The van der Waals surface area contributed by atoms with Gasteiger partial charge in [-0.1, -0.05) is 6.92 Å². The normalized spacial score (nSPS) is 9.50. The summed E-state index contributed by atoms with van der Waals surface area (Å²) >= 11 is 1.71. The first-order valence-corrected chi connectivity index (χ1v) is 5.05. The minimum Gasteiger partial charge on any atom is -0.464 e. The van der Waals surface area contributed by atoms with E-state index in [0.29, 0.717) is 6.61 Å². The van der Waals surface area contributed by atoms with E-state index in [-0.39, 0.29) is 12.2 Å². The quantitative estimate of drug-likeness (QED) is 0.359. The van der Waals surface area contributed by atoms with Crippen molar-refractivity contribution in [3.63, 3.8) is 0 Å². The summed E-state index contributed by atoms with van der Waals surface area (Å²) in [6.07, 6.45) is -0.100. The molecule has 0 aliphatic heterocycles. The molecule has 0 radical (unpaired) electrons. The van der Waals surface area contributed by atoms with Crippen molar-refractivity contribution in [1.82, 2.24) is 0 Å². The number of thioether (sulfide) groups is 1. The van der Waals surface area contributed by atoms with Gasteiger partial charge < -0.3 is 4.74 Å². The molecule has 0 aliphatic rings. The molecule has 0 aromatic rings. The minimum absolute atomic E-state index is 0.100. The Balaban J connectivity index is 3.26. The zero-order valence-electron chi connectivity index (χ0n) is 7.46. The Morgan fingerprint density at radius 1 is 1.42 bits per heavy atom. The van der Waals surface area contributed by atoms with Gasteiger partial charge in [0.25, 0.3) is 0 Å². The molecule has 3 nitrogen and oxygen atoms in total. The van der Waals surface area contributed by atoms with Crippen molar-refractivity contribution in [2.45, 2.75) is 20.3 Å². The Morgan fingerprint density at radius 3 is 2.58 bits per heavy atom. The second kappa shape index (κ2) is 7.16. The molecule has 12 heavy (non-hydrogen) atoms. The van der Waals surface area contributed by atoms with E-state index in [2.05, 4.69) is 0 Å². The fourth-order valence-corrected chi connectivity index (χ4v) is 1.10. The average Bonchev–Trinajstić information content (AvgIpc) is 1.97. The number of esters is 1. The van der Waals surface area contributed by atoms with Gasteiger partial charge in [-0.3, -0.25) is 9.59 Å². The first kappa shape index (κ1) is 11.5. The van der Waals surface area contributed by atoms with E-state index in [0.717, 1.165) is 11.5 Å². The first-order valence-electron chi connectivity index (χ1n) is 3.89. The number of rotatable bonds is 6. The maximum absolute atomic E-state index is 10.8. The molecule has 70 valence electrons. The van der Waals surface area contributed by atoms with Crippen molar-refractivity contribution in [1.29, 1.82) is 0 Å². The molecule has 0 spiro atoms. The van der Waals surface area contributed by atoms with Crippen molar-refractivity contribution < 1.29 is 14.3 Å². The largest absolute Gasteiger partial charge is 0.464 e. The highest BCUT2D eigenvalue weighted by Crippen LogP contribution is 1.98. The van der Waals surface area contributed by atoms with E-state index >= 15 is 0 Å². The lowest BCUT2D eigenvalue weighted by atomic mass is 10.3. The SMILES string of the molecule is CCSCCOC(=O)CC(C)=O. The molecule has 0 fully saturated rings. The summed E-state index contributed by atoms with van der Waals surface area (Å²) in [5.74, 6) is 1.26. The number of carbonyl (C=O) groups excluding carboxylic acids is 2. The number of ketones is 1. The molecule has 0 aromatic carbocycles. The van der Waals surface area contributed by atoms with E-state index in [1.54, 1.807) is 11.8 Å². The number of Topliss-reactive ketones (excluding diaryl/α,β-unsaturated/α-hetero) is 1. The summed E-state index contributed by atoms with van der Waals surface area (Å²) in [4.78, 5) is 21.2. The molecule has 0 aliphatic carbocycles. The van der Waals surface area contributed by atoms with Gasteiger partial charge in [-0.2, -0.15) is 11.8 Å². The van der Waals surface area contributed by atoms with Gasteiger partial charge in [-0.25, -0.2) is 0 Å². The third kappa shape index (κ3) is 7.60. The first-order chi connectivity index (χ1) is 5.66. The molecule has 0 unspecified atom stereocenters. The van der Waals surface area contributed by atoms with Gasteiger partial charge in [-0.15, -0.1) is 0 Å². The highest BCUT2D eigenvalue weighted by Gasteiger charge is 2.04. The zero-order valence-corrected chi connectivity index (χ0v) is 8.28. The average molecular weight is 190 g/mol. The van der Waals surface area contributed by atoms with Crippen LogP contribution in [-0.4, -0.2) is 29.9 Å². The Hall–Kier alpha value is -0.510. The van der Waals surface area contributed by atoms with Crippen molar-refractivity contribution in [3.8, 4) is 0 Å². The van der Waals surface area contributed by atoms with Gasteiger partial charge in [0.05, 0.1) is 0 Å². The molecule has 0 N–H and O–H groups in total. The van der Waals surface area contributed by atoms with E-state index < -0.39 is 5.97 Å². The lowest BCUT2D eigenvalue weighted by molar-refractivity contribution is -0.145. The van der Waals surface area contributed by atoms with Crippen LogP contribution < -0.4 is 0 Å². The van der Waals surface area contributed by atoms with E-state index in [1.165, 1.54) is 6.92 Å². The molecule has 0 amide bonds. The molecule has 0 aromatic heterocycles. The third-order valence-corrected chi connectivity index (χ3v) is 1.95. The second-order valence-electron chi connectivity index (χ2n) is 2.30. The second-order valence-corrected chi connectivity index (χ2v) is 3.69. The van der Waals surface area contributed by atoms with Gasteiger partial charge >= 0.3 is 5.97 Å². The summed E-state index contributed by atoms with van der Waals surface area (Å²) in [5, 5.41) is 0. The Bertz CT molecular complexity index is 156. The lowest BCUT2D eigenvalue weighted by Crippen LogP contribution is -2.10. The summed E-state index contributed by atoms with van der Waals surface area (Å²) in [7, 11) is 0. The van der Waals surface area contributed by atoms with Crippen LogP contribution in [0.5, 0.6) is 0 Å². The van der Waals surface area contributed by atoms with Crippen LogP contribution in [0.4, 0.5) is 0 Å². The Labute approximate surface area is 76.9 Å². The van der Waals surface area contributed by atoms with Crippen LogP contribution in [-0.2, 0) is 14.3 Å². The van der Waals surface area contributed by atoms with Gasteiger partial charge in [-0.05, 0) is 12.7 Å². The van der Waals surface area contributed by atoms with E-state index in [4.69, 9.17) is 4.74 Å². The molecular weight excluding hydrogens is 176 g/mol. The summed E-state index contributed by atoms with van der Waals surface area (Å²) < 4.78 is 4.77. The lowest BCUT2D eigenvalue weighted by Gasteiger charge is -2.01. The number of hydrogen-bond acceptors (Lipinski definition) is 4. The van der Waals surface area contributed by atoms with Crippen LogP contribution in [0.2, 0.25) is 0 Å². The molecule has 0 rings (SSSR count). The molecule has 0 heterocycles. The number of hydrogen-bond donors (Lipinski definition) is 0. The van der Waals surface area contributed by atoms with Crippen LogP contribution in [0.15, 0.2) is 0 Å². The predicted molar refractivity (Wildman–Crippen MR) is 49.3 cm³/mol. The molecule has 0 bridgehead atoms. The maximum Gasteiger partial charge on any atom is 0.313 e. The van der Waals surface area contributed by atoms with Crippen molar-refractivity contribution >= 4 is 23.5 Å². The van der Waals surface area contributed by atoms with Gasteiger partial charge in [0.15, 0.2) is 0 Å². The summed E-state index contributed by atoms with van der Waals surface area (Å²) in [6.45, 7) is 3.83. The standard InChI is InChI=1S/C8H14O3S/c1-3-12-5-4-11-8(10)6-7(2)9/h3-6H2,1-2H3. The number of ether oxygens (including phenoxy) is 1. The van der Waals surface area contributed by atoms with Crippen LogP contribution in [0, 0.1) is 0 Å². The van der Waals surface area contributed by atoms with Gasteiger partial charge in [0.1, 0.15) is 18.8 Å². The Kier molecular flexibility index (Phi) is 6.85. The molecule has 0 saturated heterocycles. The van der Waals surface area contributed by atoms with Crippen molar-refractivity contribution in [2.75, 3.05) is 18.1 Å². The van der Waals surface area contributed by atoms with Gasteiger partial charge in [0.2, 0.25) is 0 Å². The topological polar surface area (TPSA) is 43.4 Å². The van der Waals surface area contributed by atoms with Crippen LogP contribution in [0.3, 0.4) is 0 Å². The van der Waals surface area contributed by atoms with Gasteiger partial charge in [0, 0.05) is 5.75 Å². The summed E-state index contributed by atoms with van der Waals surface area (Å²) in [5.41, 5.74) is 0. The fraction of sp³-hybridized carbons (Fsp3) is 0.750. The maximum atomic E-state index is 10.8.